The Hall–Kier alpha value is -1.19. The first-order valence-electron chi connectivity index (χ1n) is 6.01. The zero-order valence-corrected chi connectivity index (χ0v) is 10.7. The molecule has 1 atom stereocenters. The minimum absolute atomic E-state index is 0.275. The highest BCUT2D eigenvalue weighted by molar-refractivity contribution is 7.07. The van der Waals surface area contributed by atoms with Gasteiger partial charge in [0.1, 0.15) is 0 Å². The van der Waals surface area contributed by atoms with Crippen molar-refractivity contribution in [1.29, 1.82) is 0 Å². The van der Waals surface area contributed by atoms with Crippen LogP contribution in [0.25, 0.3) is 0 Å². The van der Waals surface area contributed by atoms with Crippen molar-refractivity contribution < 1.29 is 0 Å². The Morgan fingerprint density at radius 3 is 2.76 bits per heavy atom. The summed E-state index contributed by atoms with van der Waals surface area (Å²) < 4.78 is 0. The lowest BCUT2D eigenvalue weighted by molar-refractivity contribution is 0.565. The summed E-state index contributed by atoms with van der Waals surface area (Å²) in [6.07, 6.45) is 5.98. The second-order valence-corrected chi connectivity index (χ2v) is 5.07. The molecule has 2 N–H and O–H groups in total. The largest absolute Gasteiger partial charge is 0.328 e. The van der Waals surface area contributed by atoms with Crippen LogP contribution >= 0.6 is 11.3 Å². The van der Waals surface area contributed by atoms with Crippen molar-refractivity contribution >= 4 is 11.3 Å². The molecule has 0 aliphatic carbocycles. The SMILES string of the molecule is NC(CCc1ccsc1)CCc1ccccn1. The monoisotopic (exact) mass is 246 g/mol. The zero-order chi connectivity index (χ0) is 11.9. The molecule has 2 aromatic heterocycles. The Bertz CT molecular complexity index is 411. The van der Waals surface area contributed by atoms with Gasteiger partial charge in [0.2, 0.25) is 0 Å². The van der Waals surface area contributed by atoms with Gasteiger partial charge in [0.25, 0.3) is 0 Å². The van der Waals surface area contributed by atoms with Crippen molar-refractivity contribution in [2.75, 3.05) is 0 Å². The topological polar surface area (TPSA) is 38.9 Å². The quantitative estimate of drug-likeness (QED) is 0.851. The summed E-state index contributed by atoms with van der Waals surface area (Å²) in [5.74, 6) is 0. The van der Waals surface area contributed by atoms with Crippen molar-refractivity contribution in [1.82, 2.24) is 4.98 Å². The van der Waals surface area contributed by atoms with Gasteiger partial charge >= 0.3 is 0 Å². The standard InChI is InChI=1S/C14H18N2S/c15-13(5-4-12-8-10-17-11-12)6-7-14-3-1-2-9-16-14/h1-3,8-11,13H,4-7,15H2. The lowest BCUT2D eigenvalue weighted by Crippen LogP contribution is -2.21. The van der Waals surface area contributed by atoms with E-state index in [9.17, 15) is 0 Å². The van der Waals surface area contributed by atoms with Crippen molar-refractivity contribution in [3.8, 4) is 0 Å². The maximum Gasteiger partial charge on any atom is 0.0404 e. The first-order chi connectivity index (χ1) is 8.34. The van der Waals surface area contributed by atoms with Gasteiger partial charge < -0.3 is 5.73 Å². The molecule has 2 rings (SSSR count). The molecule has 0 radical (unpaired) electrons. The van der Waals surface area contributed by atoms with Gasteiger partial charge in [-0.05, 0) is 60.2 Å². The van der Waals surface area contributed by atoms with Crippen LogP contribution in [0.2, 0.25) is 0 Å². The van der Waals surface area contributed by atoms with E-state index in [1.807, 2.05) is 18.3 Å². The van der Waals surface area contributed by atoms with E-state index < -0.39 is 0 Å². The predicted octanol–water partition coefficient (Wildman–Crippen LogP) is 3.04. The first-order valence-corrected chi connectivity index (χ1v) is 6.95. The molecular weight excluding hydrogens is 228 g/mol. The highest BCUT2D eigenvalue weighted by Gasteiger charge is 2.04. The lowest BCUT2D eigenvalue weighted by Gasteiger charge is -2.10. The summed E-state index contributed by atoms with van der Waals surface area (Å²) in [4.78, 5) is 4.31. The molecule has 2 aromatic rings. The van der Waals surface area contributed by atoms with E-state index in [4.69, 9.17) is 5.73 Å². The number of hydrogen-bond acceptors (Lipinski definition) is 3. The molecular formula is C14H18N2S. The number of pyridine rings is 1. The van der Waals surface area contributed by atoms with Gasteiger partial charge in [0, 0.05) is 17.9 Å². The van der Waals surface area contributed by atoms with E-state index in [2.05, 4.69) is 27.9 Å². The molecule has 0 amide bonds. The minimum Gasteiger partial charge on any atom is -0.328 e. The predicted molar refractivity (Wildman–Crippen MR) is 73.2 cm³/mol. The molecule has 0 saturated heterocycles. The van der Waals surface area contributed by atoms with E-state index >= 15 is 0 Å². The summed E-state index contributed by atoms with van der Waals surface area (Å²) in [5.41, 5.74) is 8.66. The second kappa shape index (κ2) is 6.52. The second-order valence-electron chi connectivity index (χ2n) is 4.29. The van der Waals surface area contributed by atoms with Gasteiger partial charge in [0.05, 0.1) is 0 Å². The molecule has 1 unspecified atom stereocenters. The van der Waals surface area contributed by atoms with Crippen LogP contribution in [0.5, 0.6) is 0 Å². The number of thiophene rings is 1. The number of nitrogens with zero attached hydrogens (tertiary/aromatic N) is 1. The molecule has 0 aliphatic rings. The smallest absolute Gasteiger partial charge is 0.0404 e. The summed E-state index contributed by atoms with van der Waals surface area (Å²) >= 11 is 1.75. The van der Waals surface area contributed by atoms with Crippen LogP contribution in [0.15, 0.2) is 41.2 Å². The Labute approximate surface area is 107 Å². The zero-order valence-electron chi connectivity index (χ0n) is 9.88. The van der Waals surface area contributed by atoms with Crippen LogP contribution in [0.3, 0.4) is 0 Å². The molecule has 17 heavy (non-hydrogen) atoms. The van der Waals surface area contributed by atoms with Gasteiger partial charge in [0.15, 0.2) is 0 Å². The van der Waals surface area contributed by atoms with Crippen molar-refractivity contribution in [3.63, 3.8) is 0 Å². The van der Waals surface area contributed by atoms with Crippen LogP contribution in [0.4, 0.5) is 0 Å². The molecule has 0 spiro atoms. The van der Waals surface area contributed by atoms with Gasteiger partial charge in [-0.15, -0.1) is 0 Å². The highest BCUT2D eigenvalue weighted by atomic mass is 32.1. The third-order valence-corrected chi connectivity index (χ3v) is 3.61. The number of aryl methyl sites for hydroxylation is 2. The summed E-state index contributed by atoms with van der Waals surface area (Å²) in [6.45, 7) is 0. The van der Waals surface area contributed by atoms with Crippen LogP contribution in [0, 0.1) is 0 Å². The average Bonchev–Trinajstić information content (AvgIpc) is 2.88. The van der Waals surface area contributed by atoms with E-state index in [1.165, 1.54) is 5.56 Å². The van der Waals surface area contributed by atoms with Gasteiger partial charge in [-0.2, -0.15) is 11.3 Å². The van der Waals surface area contributed by atoms with Gasteiger partial charge in [-0.3, -0.25) is 4.98 Å². The molecule has 0 saturated carbocycles. The maximum absolute atomic E-state index is 6.11. The molecule has 0 aliphatic heterocycles. The maximum atomic E-state index is 6.11. The van der Waals surface area contributed by atoms with Crippen molar-refractivity contribution in [2.45, 2.75) is 31.7 Å². The third kappa shape index (κ3) is 4.29. The highest BCUT2D eigenvalue weighted by Crippen LogP contribution is 2.11. The lowest BCUT2D eigenvalue weighted by atomic mass is 10.0. The Morgan fingerprint density at radius 1 is 1.18 bits per heavy atom. The number of nitrogens with two attached hydrogens (primary N) is 1. The molecule has 90 valence electrons. The van der Waals surface area contributed by atoms with Crippen LogP contribution in [-0.4, -0.2) is 11.0 Å². The molecule has 2 nitrogen and oxygen atoms in total. The molecule has 0 aromatic carbocycles. The van der Waals surface area contributed by atoms with E-state index in [1.54, 1.807) is 11.3 Å². The minimum atomic E-state index is 0.275. The van der Waals surface area contributed by atoms with E-state index in [-0.39, 0.29) is 6.04 Å². The Kier molecular flexibility index (Phi) is 4.71. The first kappa shape index (κ1) is 12.3. The van der Waals surface area contributed by atoms with E-state index in [0.29, 0.717) is 0 Å². The molecule has 2 heterocycles. The number of rotatable bonds is 6. The summed E-state index contributed by atoms with van der Waals surface area (Å²) in [7, 11) is 0. The normalized spacial score (nSPS) is 12.5. The van der Waals surface area contributed by atoms with E-state index in [0.717, 1.165) is 31.4 Å². The van der Waals surface area contributed by atoms with Crippen molar-refractivity contribution in [3.05, 3.63) is 52.5 Å². The summed E-state index contributed by atoms with van der Waals surface area (Å²) in [5, 5.41) is 4.32. The van der Waals surface area contributed by atoms with Gasteiger partial charge in [-0.1, -0.05) is 6.07 Å². The number of hydrogen-bond donors (Lipinski definition) is 1. The van der Waals surface area contributed by atoms with Crippen molar-refractivity contribution in [2.24, 2.45) is 5.73 Å². The third-order valence-electron chi connectivity index (χ3n) is 2.88. The van der Waals surface area contributed by atoms with Gasteiger partial charge in [-0.25, -0.2) is 0 Å². The summed E-state index contributed by atoms with van der Waals surface area (Å²) in [6, 6.07) is 8.48. The Morgan fingerprint density at radius 2 is 2.06 bits per heavy atom. The van der Waals surface area contributed by atoms with Crippen LogP contribution in [-0.2, 0) is 12.8 Å². The molecule has 0 fully saturated rings. The molecule has 3 heteroatoms. The molecule has 0 bridgehead atoms. The fraction of sp³-hybridized carbons (Fsp3) is 0.357. The average molecular weight is 246 g/mol. The van der Waals surface area contributed by atoms with Crippen LogP contribution < -0.4 is 5.73 Å². The van der Waals surface area contributed by atoms with Crippen LogP contribution in [0.1, 0.15) is 24.1 Å². The fourth-order valence-electron chi connectivity index (χ4n) is 1.81. The number of aromatic nitrogens is 1. The fourth-order valence-corrected chi connectivity index (χ4v) is 2.51. The Balaban J connectivity index is 1.69.